The lowest BCUT2D eigenvalue weighted by molar-refractivity contribution is 0.258. The van der Waals surface area contributed by atoms with Crippen molar-refractivity contribution in [2.45, 2.75) is 13.8 Å². The molecular weight excluding hydrogens is 420 g/mol. The van der Waals surface area contributed by atoms with Gasteiger partial charge in [-0.1, -0.05) is 18.2 Å². The standard InChI is InChI=1S/C18H25NO8P2/c1-7-26-18-16(19-17(27-18)14-11-9-8-10-13(14)2)15(29(21,24-5)25-6)12-28(20,22-3)23-4/h8-12H,7H2,1-6H3/b15-12-. The van der Waals surface area contributed by atoms with E-state index in [0.717, 1.165) is 11.4 Å². The summed E-state index contributed by atoms with van der Waals surface area (Å²) < 4.78 is 57.5. The SMILES string of the molecule is CCOc1oc(-c2ccccc2C)nc1/C(=C/P(=O)(OC)OC)P(=O)(OC)OC. The summed E-state index contributed by atoms with van der Waals surface area (Å²) in [5, 5.41) is -0.151. The lowest BCUT2D eigenvalue weighted by atomic mass is 10.1. The average molecular weight is 445 g/mol. The highest BCUT2D eigenvalue weighted by molar-refractivity contribution is 7.67. The molecule has 0 atom stereocenters. The van der Waals surface area contributed by atoms with Crippen LogP contribution in [-0.4, -0.2) is 40.0 Å². The van der Waals surface area contributed by atoms with E-state index in [0.29, 0.717) is 5.56 Å². The molecule has 11 heteroatoms. The van der Waals surface area contributed by atoms with Crippen molar-refractivity contribution < 1.29 is 36.4 Å². The largest absolute Gasteiger partial charge is 0.464 e. The van der Waals surface area contributed by atoms with E-state index in [-0.39, 0.29) is 29.5 Å². The van der Waals surface area contributed by atoms with Crippen LogP contribution in [0.3, 0.4) is 0 Å². The normalized spacial score (nSPS) is 13.0. The minimum absolute atomic E-state index is 0.0199. The minimum atomic E-state index is -3.95. The van der Waals surface area contributed by atoms with Crippen LogP contribution in [0.15, 0.2) is 34.5 Å². The number of oxazole rings is 1. The molecule has 0 radical (unpaired) electrons. The first-order chi connectivity index (χ1) is 13.8. The Balaban J connectivity index is 2.79. The van der Waals surface area contributed by atoms with Crippen LogP contribution >= 0.6 is 15.2 Å². The van der Waals surface area contributed by atoms with Gasteiger partial charge in [-0.2, -0.15) is 0 Å². The van der Waals surface area contributed by atoms with Gasteiger partial charge in [0.15, 0.2) is 5.69 Å². The third-order valence-electron chi connectivity index (χ3n) is 4.05. The average Bonchev–Trinajstić information content (AvgIpc) is 3.15. The number of aromatic nitrogens is 1. The van der Waals surface area contributed by atoms with Gasteiger partial charge >= 0.3 is 21.1 Å². The Morgan fingerprint density at radius 2 is 1.69 bits per heavy atom. The second-order valence-electron chi connectivity index (χ2n) is 5.68. The molecule has 0 saturated heterocycles. The zero-order valence-electron chi connectivity index (χ0n) is 17.2. The first kappa shape index (κ1) is 23.5. The van der Waals surface area contributed by atoms with Gasteiger partial charge in [-0.3, -0.25) is 9.13 Å². The van der Waals surface area contributed by atoms with E-state index >= 15 is 0 Å². The summed E-state index contributed by atoms with van der Waals surface area (Å²) in [7, 11) is -2.91. The first-order valence-corrected chi connectivity index (χ1v) is 11.8. The number of aryl methyl sites for hydroxylation is 1. The Kier molecular flexibility index (Phi) is 8.00. The molecule has 0 aliphatic heterocycles. The fraction of sp³-hybridized carbons (Fsp3) is 0.389. The van der Waals surface area contributed by atoms with E-state index in [2.05, 4.69) is 4.98 Å². The third-order valence-corrected chi connectivity index (χ3v) is 7.74. The van der Waals surface area contributed by atoms with E-state index in [9.17, 15) is 9.13 Å². The lowest BCUT2D eigenvalue weighted by Gasteiger charge is -2.18. The van der Waals surface area contributed by atoms with Gasteiger partial charge in [0.1, 0.15) is 5.31 Å². The van der Waals surface area contributed by atoms with Crippen LogP contribution in [0.5, 0.6) is 5.95 Å². The van der Waals surface area contributed by atoms with Crippen LogP contribution in [0.1, 0.15) is 18.2 Å². The summed E-state index contributed by atoms with van der Waals surface area (Å²) in [6.07, 6.45) is 0. The van der Waals surface area contributed by atoms with Crippen LogP contribution in [0.2, 0.25) is 0 Å². The Hall–Kier alpha value is -1.73. The number of hydrogen-bond donors (Lipinski definition) is 0. The number of nitrogens with zero attached hydrogens (tertiary/aromatic N) is 1. The molecule has 0 spiro atoms. The molecule has 1 heterocycles. The van der Waals surface area contributed by atoms with Crippen molar-refractivity contribution in [1.82, 2.24) is 4.98 Å². The number of rotatable bonds is 10. The zero-order chi connectivity index (χ0) is 21.7. The summed E-state index contributed by atoms with van der Waals surface area (Å²) in [4.78, 5) is 4.45. The molecule has 0 fully saturated rings. The fourth-order valence-electron chi connectivity index (χ4n) is 2.49. The molecule has 1 aromatic heterocycles. The van der Waals surface area contributed by atoms with Crippen LogP contribution in [0.25, 0.3) is 16.8 Å². The zero-order valence-corrected chi connectivity index (χ0v) is 19.0. The lowest BCUT2D eigenvalue weighted by Crippen LogP contribution is -1.99. The number of hydrogen-bond acceptors (Lipinski definition) is 9. The molecule has 0 unspecified atom stereocenters. The maximum Gasteiger partial charge on any atom is 0.363 e. The highest BCUT2D eigenvalue weighted by Crippen LogP contribution is 2.65. The molecule has 2 aromatic rings. The minimum Gasteiger partial charge on any atom is -0.464 e. The molecule has 1 aromatic carbocycles. The van der Waals surface area contributed by atoms with Gasteiger partial charge in [0.2, 0.25) is 5.89 Å². The van der Waals surface area contributed by atoms with Crippen LogP contribution < -0.4 is 4.74 Å². The fourth-order valence-corrected chi connectivity index (χ4v) is 5.20. The molecule has 0 N–H and O–H groups in total. The first-order valence-electron chi connectivity index (χ1n) is 8.63. The maximum atomic E-state index is 13.2. The van der Waals surface area contributed by atoms with Crippen molar-refractivity contribution in [2.75, 3.05) is 35.0 Å². The Morgan fingerprint density at radius 3 is 2.21 bits per heavy atom. The van der Waals surface area contributed by atoms with Gasteiger partial charge in [0.05, 0.1) is 6.61 Å². The van der Waals surface area contributed by atoms with Crippen molar-refractivity contribution in [3.05, 3.63) is 41.3 Å². The van der Waals surface area contributed by atoms with Crippen molar-refractivity contribution in [2.24, 2.45) is 0 Å². The quantitative estimate of drug-likeness (QED) is 0.449. The van der Waals surface area contributed by atoms with E-state index in [1.807, 2.05) is 31.2 Å². The van der Waals surface area contributed by atoms with Crippen LogP contribution in [0, 0.1) is 6.92 Å². The number of benzene rings is 1. The topological polar surface area (TPSA) is 106 Å². The van der Waals surface area contributed by atoms with Crippen LogP contribution in [0.4, 0.5) is 0 Å². The second kappa shape index (κ2) is 9.85. The van der Waals surface area contributed by atoms with E-state index in [4.69, 9.17) is 27.2 Å². The number of ether oxygens (including phenoxy) is 1. The van der Waals surface area contributed by atoms with Crippen LogP contribution in [-0.2, 0) is 27.2 Å². The monoisotopic (exact) mass is 445 g/mol. The Bertz CT molecular complexity index is 953. The van der Waals surface area contributed by atoms with Gasteiger partial charge in [0.25, 0.3) is 0 Å². The molecule has 0 amide bonds. The highest BCUT2D eigenvalue weighted by Gasteiger charge is 2.38. The second-order valence-corrected chi connectivity index (χ2v) is 9.96. The van der Waals surface area contributed by atoms with Gasteiger partial charge in [-0.25, -0.2) is 4.98 Å². The molecule has 0 aliphatic rings. The summed E-state index contributed by atoms with van der Waals surface area (Å²) in [5.74, 6) is 1.25. The molecular formula is C18H25NO8P2. The summed E-state index contributed by atoms with van der Waals surface area (Å²) in [6, 6.07) is 7.44. The van der Waals surface area contributed by atoms with Gasteiger partial charge in [-0.15, -0.1) is 0 Å². The Morgan fingerprint density at radius 1 is 1.07 bits per heavy atom. The van der Waals surface area contributed by atoms with Crippen molar-refractivity contribution in [3.8, 4) is 17.4 Å². The molecule has 0 saturated carbocycles. The molecule has 29 heavy (non-hydrogen) atoms. The molecule has 0 aliphatic carbocycles. The van der Waals surface area contributed by atoms with E-state index < -0.39 is 15.2 Å². The van der Waals surface area contributed by atoms with Gasteiger partial charge < -0.3 is 27.2 Å². The molecule has 2 rings (SSSR count). The predicted molar refractivity (Wildman–Crippen MR) is 109 cm³/mol. The van der Waals surface area contributed by atoms with Crippen molar-refractivity contribution >= 4 is 20.5 Å². The van der Waals surface area contributed by atoms with Crippen molar-refractivity contribution in [3.63, 3.8) is 0 Å². The summed E-state index contributed by atoms with van der Waals surface area (Å²) >= 11 is 0. The summed E-state index contributed by atoms with van der Waals surface area (Å²) in [6.45, 7) is 3.90. The third kappa shape index (κ3) is 5.07. The smallest absolute Gasteiger partial charge is 0.363 e. The molecule has 0 bridgehead atoms. The van der Waals surface area contributed by atoms with Gasteiger partial charge in [-0.05, 0) is 25.5 Å². The van der Waals surface area contributed by atoms with E-state index in [1.54, 1.807) is 6.92 Å². The Labute approximate surface area is 170 Å². The predicted octanol–water partition coefficient (Wildman–Crippen LogP) is 5.32. The molecule has 9 nitrogen and oxygen atoms in total. The van der Waals surface area contributed by atoms with Gasteiger partial charge in [0, 0.05) is 39.8 Å². The molecule has 160 valence electrons. The van der Waals surface area contributed by atoms with E-state index in [1.165, 1.54) is 28.4 Å². The highest BCUT2D eigenvalue weighted by atomic mass is 31.2. The van der Waals surface area contributed by atoms with Crippen molar-refractivity contribution in [1.29, 1.82) is 0 Å². The summed E-state index contributed by atoms with van der Waals surface area (Å²) in [5.41, 5.74) is 1.65. The maximum absolute atomic E-state index is 13.2.